The van der Waals surface area contributed by atoms with Crippen LogP contribution in [0.25, 0.3) is 0 Å². The van der Waals surface area contributed by atoms with E-state index < -0.39 is 0 Å². The largest absolute Gasteiger partial charge is 0.495 e. The number of aromatic nitrogens is 2. The number of anilines is 4. The van der Waals surface area contributed by atoms with Crippen molar-refractivity contribution < 1.29 is 4.74 Å². The molecular weight excluding hydrogens is 254 g/mol. The Kier molecular flexibility index (Phi) is 3.38. The number of nitrogens with two attached hydrogens (primary N) is 2. The minimum Gasteiger partial charge on any atom is -0.495 e. The van der Waals surface area contributed by atoms with Crippen LogP contribution in [0.4, 0.5) is 23.0 Å². The normalized spacial score (nSPS) is 10.1. The summed E-state index contributed by atoms with van der Waals surface area (Å²) in [6, 6.07) is 5.17. The molecule has 1 heterocycles. The molecule has 0 atom stereocenters. The Bertz CT molecular complexity index is 575. The number of hydrogen-bond donors (Lipinski definition) is 3. The van der Waals surface area contributed by atoms with Crippen molar-refractivity contribution in [1.82, 2.24) is 9.97 Å². The predicted molar refractivity (Wildman–Crippen MR) is 72.1 cm³/mol. The van der Waals surface area contributed by atoms with E-state index in [0.29, 0.717) is 22.3 Å². The molecule has 7 heteroatoms. The fraction of sp³-hybridized carbons (Fsp3) is 0.0909. The van der Waals surface area contributed by atoms with Gasteiger partial charge >= 0.3 is 0 Å². The second-order valence-electron chi connectivity index (χ2n) is 3.49. The molecule has 2 rings (SSSR count). The molecule has 0 aliphatic rings. The second kappa shape index (κ2) is 4.97. The predicted octanol–water partition coefficient (Wildman–Crippen LogP) is 2.05. The van der Waals surface area contributed by atoms with E-state index in [-0.39, 0.29) is 11.5 Å². The molecule has 5 N–H and O–H groups in total. The molecule has 0 saturated carbocycles. The highest BCUT2D eigenvalue weighted by atomic mass is 35.5. The first-order chi connectivity index (χ1) is 8.61. The van der Waals surface area contributed by atoms with Crippen molar-refractivity contribution in [1.29, 1.82) is 0 Å². The van der Waals surface area contributed by atoms with E-state index in [1.54, 1.807) is 25.3 Å². The number of rotatable bonds is 3. The van der Waals surface area contributed by atoms with Gasteiger partial charge in [0, 0.05) is 5.02 Å². The first kappa shape index (κ1) is 12.3. The van der Waals surface area contributed by atoms with Crippen molar-refractivity contribution in [2.45, 2.75) is 0 Å². The summed E-state index contributed by atoms with van der Waals surface area (Å²) in [5.74, 6) is 1.24. The Balaban J connectivity index is 2.39. The maximum atomic E-state index is 5.93. The van der Waals surface area contributed by atoms with Crippen LogP contribution in [0, 0.1) is 0 Å². The van der Waals surface area contributed by atoms with E-state index in [9.17, 15) is 0 Å². The van der Waals surface area contributed by atoms with Crippen molar-refractivity contribution in [2.24, 2.45) is 0 Å². The standard InChI is InChI=1S/C11H12ClN5O/c1-18-8-3-2-6(12)4-7(8)17-11-9(13)10(14)15-5-16-11/h2-5H,13H2,1H3,(H3,14,15,16,17). The van der Waals surface area contributed by atoms with Crippen LogP contribution in [0.1, 0.15) is 0 Å². The van der Waals surface area contributed by atoms with Gasteiger partial charge in [-0.2, -0.15) is 0 Å². The van der Waals surface area contributed by atoms with E-state index in [1.807, 2.05) is 0 Å². The topological polar surface area (TPSA) is 99.1 Å². The first-order valence-electron chi connectivity index (χ1n) is 5.08. The van der Waals surface area contributed by atoms with Gasteiger partial charge in [0.2, 0.25) is 0 Å². The molecule has 6 nitrogen and oxygen atoms in total. The molecule has 0 bridgehead atoms. The molecule has 0 fully saturated rings. The summed E-state index contributed by atoms with van der Waals surface area (Å²) in [6.07, 6.45) is 1.32. The number of halogens is 1. The Morgan fingerprint density at radius 2 is 2.06 bits per heavy atom. The lowest BCUT2D eigenvalue weighted by Gasteiger charge is -2.12. The number of hydrogen-bond acceptors (Lipinski definition) is 6. The summed E-state index contributed by atoms with van der Waals surface area (Å²) in [5, 5.41) is 3.58. The molecule has 0 unspecified atom stereocenters. The molecule has 0 spiro atoms. The highest BCUT2D eigenvalue weighted by Gasteiger charge is 2.09. The molecule has 1 aromatic heterocycles. The van der Waals surface area contributed by atoms with Crippen LogP contribution < -0.4 is 21.5 Å². The van der Waals surface area contributed by atoms with Crippen LogP contribution in [-0.2, 0) is 0 Å². The van der Waals surface area contributed by atoms with Crippen LogP contribution in [0.2, 0.25) is 5.02 Å². The van der Waals surface area contributed by atoms with E-state index in [4.69, 9.17) is 27.8 Å². The third-order valence-corrected chi connectivity index (χ3v) is 2.56. The lowest BCUT2D eigenvalue weighted by Crippen LogP contribution is -2.05. The number of nitrogen functional groups attached to an aromatic ring is 2. The van der Waals surface area contributed by atoms with Gasteiger partial charge < -0.3 is 21.5 Å². The summed E-state index contributed by atoms with van der Waals surface area (Å²) >= 11 is 5.93. The molecule has 0 saturated heterocycles. The van der Waals surface area contributed by atoms with Crippen LogP contribution in [0.3, 0.4) is 0 Å². The van der Waals surface area contributed by atoms with E-state index in [2.05, 4.69) is 15.3 Å². The molecule has 0 amide bonds. The fourth-order valence-electron chi connectivity index (χ4n) is 1.41. The van der Waals surface area contributed by atoms with Crippen molar-refractivity contribution in [2.75, 3.05) is 23.9 Å². The van der Waals surface area contributed by atoms with Crippen LogP contribution >= 0.6 is 11.6 Å². The SMILES string of the molecule is COc1ccc(Cl)cc1Nc1ncnc(N)c1N. The van der Waals surface area contributed by atoms with Gasteiger partial charge in [-0.3, -0.25) is 0 Å². The molecular formula is C11H12ClN5O. The van der Waals surface area contributed by atoms with Gasteiger partial charge in [-0.1, -0.05) is 11.6 Å². The van der Waals surface area contributed by atoms with Crippen LogP contribution in [0.15, 0.2) is 24.5 Å². The lowest BCUT2D eigenvalue weighted by atomic mass is 10.3. The summed E-state index contributed by atoms with van der Waals surface area (Å²) in [5.41, 5.74) is 12.3. The van der Waals surface area contributed by atoms with Gasteiger partial charge in [0.1, 0.15) is 17.8 Å². The van der Waals surface area contributed by atoms with Gasteiger partial charge in [-0.05, 0) is 18.2 Å². The third kappa shape index (κ3) is 2.38. The van der Waals surface area contributed by atoms with Gasteiger partial charge in [-0.25, -0.2) is 9.97 Å². The van der Waals surface area contributed by atoms with E-state index in [1.165, 1.54) is 6.33 Å². The lowest BCUT2D eigenvalue weighted by molar-refractivity contribution is 0.417. The van der Waals surface area contributed by atoms with Crippen molar-refractivity contribution >= 4 is 34.6 Å². The van der Waals surface area contributed by atoms with Gasteiger partial charge in [0.05, 0.1) is 12.8 Å². The Labute approximate surface area is 109 Å². The maximum absolute atomic E-state index is 5.93. The van der Waals surface area contributed by atoms with E-state index in [0.717, 1.165) is 0 Å². The number of methoxy groups -OCH3 is 1. The quantitative estimate of drug-likeness (QED) is 0.785. The molecule has 0 radical (unpaired) electrons. The average molecular weight is 266 g/mol. The molecule has 94 valence electrons. The maximum Gasteiger partial charge on any atom is 0.159 e. The minimum atomic E-state index is 0.216. The van der Waals surface area contributed by atoms with E-state index >= 15 is 0 Å². The van der Waals surface area contributed by atoms with Crippen LogP contribution in [0.5, 0.6) is 5.75 Å². The summed E-state index contributed by atoms with van der Waals surface area (Å²) in [4.78, 5) is 7.80. The van der Waals surface area contributed by atoms with Gasteiger partial charge in [0.25, 0.3) is 0 Å². The Morgan fingerprint density at radius 3 is 2.78 bits per heavy atom. The Hall–Kier alpha value is -2.21. The highest BCUT2D eigenvalue weighted by molar-refractivity contribution is 6.31. The third-order valence-electron chi connectivity index (χ3n) is 2.33. The second-order valence-corrected chi connectivity index (χ2v) is 3.93. The summed E-state index contributed by atoms with van der Waals surface area (Å²) in [7, 11) is 1.56. The summed E-state index contributed by atoms with van der Waals surface area (Å²) in [6.45, 7) is 0. The zero-order chi connectivity index (χ0) is 13.1. The van der Waals surface area contributed by atoms with Crippen molar-refractivity contribution in [3.05, 3.63) is 29.5 Å². The molecule has 2 aromatic rings. The van der Waals surface area contributed by atoms with Crippen molar-refractivity contribution in [3.8, 4) is 5.75 Å². The summed E-state index contributed by atoms with van der Waals surface area (Å²) < 4.78 is 5.21. The average Bonchev–Trinajstić information content (AvgIpc) is 2.35. The first-order valence-corrected chi connectivity index (χ1v) is 5.46. The Morgan fingerprint density at radius 1 is 1.28 bits per heavy atom. The smallest absolute Gasteiger partial charge is 0.159 e. The zero-order valence-corrected chi connectivity index (χ0v) is 10.4. The number of nitrogens with one attached hydrogen (secondary N) is 1. The van der Waals surface area contributed by atoms with Crippen molar-refractivity contribution in [3.63, 3.8) is 0 Å². The molecule has 1 aromatic carbocycles. The zero-order valence-electron chi connectivity index (χ0n) is 9.64. The monoisotopic (exact) mass is 265 g/mol. The number of nitrogens with zero attached hydrogens (tertiary/aromatic N) is 2. The minimum absolute atomic E-state index is 0.216. The number of benzene rings is 1. The number of ether oxygens (including phenoxy) is 1. The van der Waals surface area contributed by atoms with Gasteiger partial charge in [0.15, 0.2) is 11.6 Å². The highest BCUT2D eigenvalue weighted by Crippen LogP contribution is 2.32. The molecule has 0 aliphatic carbocycles. The fourth-order valence-corrected chi connectivity index (χ4v) is 1.59. The molecule has 18 heavy (non-hydrogen) atoms. The molecule has 0 aliphatic heterocycles. The van der Waals surface area contributed by atoms with Gasteiger partial charge in [-0.15, -0.1) is 0 Å². The van der Waals surface area contributed by atoms with Crippen LogP contribution in [-0.4, -0.2) is 17.1 Å².